The molecule has 148 valence electrons. The highest BCUT2D eigenvalue weighted by Gasteiger charge is 2.49. The number of nitrogens with zero attached hydrogens (tertiary/aromatic N) is 1. The molecular formula is C22H26FNO3Si. The van der Waals surface area contributed by atoms with Gasteiger partial charge in [-0.15, -0.1) is 0 Å². The van der Waals surface area contributed by atoms with Crippen molar-refractivity contribution in [3.05, 3.63) is 71.5 Å². The van der Waals surface area contributed by atoms with Crippen molar-refractivity contribution in [2.45, 2.75) is 51.1 Å². The zero-order valence-corrected chi connectivity index (χ0v) is 17.6. The van der Waals surface area contributed by atoms with Gasteiger partial charge in [0.2, 0.25) is 0 Å². The molecule has 0 heterocycles. The van der Waals surface area contributed by atoms with E-state index in [1.54, 1.807) is 0 Å². The Morgan fingerprint density at radius 3 is 2.11 bits per heavy atom. The summed E-state index contributed by atoms with van der Waals surface area (Å²) in [6.45, 7) is 6.08. The molecule has 4 nitrogen and oxygen atoms in total. The maximum atomic E-state index is 13.5. The first-order chi connectivity index (χ1) is 13.4. The highest BCUT2D eigenvalue weighted by molar-refractivity contribution is 6.73. The number of esters is 1. The van der Waals surface area contributed by atoms with Crippen LogP contribution in [0.5, 0.6) is 0 Å². The number of rotatable bonds is 9. The Labute approximate surface area is 167 Å². The number of carbonyl (C=O) groups excluding carboxylic acids is 1. The molecule has 2 rings (SSSR count). The number of nitriles is 1. The van der Waals surface area contributed by atoms with Crippen LogP contribution in [0.3, 0.4) is 0 Å². The molecule has 0 spiro atoms. The van der Waals surface area contributed by atoms with E-state index in [1.165, 1.54) is 24.3 Å². The second-order valence-electron chi connectivity index (χ2n) is 6.71. The fourth-order valence-corrected chi connectivity index (χ4v) is 5.98. The maximum absolute atomic E-state index is 13.5. The van der Waals surface area contributed by atoms with Crippen LogP contribution in [0.2, 0.25) is 18.1 Å². The summed E-state index contributed by atoms with van der Waals surface area (Å²) in [5, 5.41) is 10.1. The van der Waals surface area contributed by atoms with E-state index in [1.807, 2.05) is 51.1 Å². The molecular weight excluding hydrogens is 373 g/mol. The summed E-state index contributed by atoms with van der Waals surface area (Å²) in [6, 6.07) is 18.9. The highest BCUT2D eigenvalue weighted by Crippen LogP contribution is 2.36. The van der Waals surface area contributed by atoms with E-state index in [4.69, 9.17) is 9.16 Å². The van der Waals surface area contributed by atoms with Gasteiger partial charge in [0.15, 0.2) is 8.32 Å². The molecule has 0 N–H and O–H groups in total. The van der Waals surface area contributed by atoms with Gasteiger partial charge in [-0.3, -0.25) is 0 Å². The van der Waals surface area contributed by atoms with Crippen LogP contribution >= 0.6 is 0 Å². The predicted molar refractivity (Wildman–Crippen MR) is 108 cm³/mol. The van der Waals surface area contributed by atoms with Gasteiger partial charge in [0.25, 0.3) is 5.60 Å². The Morgan fingerprint density at radius 1 is 1.04 bits per heavy atom. The van der Waals surface area contributed by atoms with Crippen LogP contribution < -0.4 is 0 Å². The van der Waals surface area contributed by atoms with E-state index in [9.17, 15) is 14.4 Å². The molecule has 2 aromatic rings. The topological polar surface area (TPSA) is 59.3 Å². The molecule has 0 amide bonds. The predicted octanol–water partition coefficient (Wildman–Crippen LogP) is 5.31. The Morgan fingerprint density at radius 2 is 1.61 bits per heavy atom. The maximum Gasteiger partial charge on any atom is 0.357 e. The van der Waals surface area contributed by atoms with Crippen LogP contribution in [-0.4, -0.2) is 14.3 Å². The fourth-order valence-electron chi connectivity index (χ4n) is 3.15. The van der Waals surface area contributed by atoms with E-state index >= 15 is 0 Å². The van der Waals surface area contributed by atoms with Gasteiger partial charge in [-0.05, 0) is 35.8 Å². The third kappa shape index (κ3) is 4.67. The van der Waals surface area contributed by atoms with Crippen molar-refractivity contribution in [3.63, 3.8) is 0 Å². The Balaban J connectivity index is 2.43. The third-order valence-corrected chi connectivity index (χ3v) is 9.82. The van der Waals surface area contributed by atoms with E-state index in [2.05, 4.69) is 6.07 Å². The lowest BCUT2D eigenvalue weighted by Gasteiger charge is -2.37. The second kappa shape index (κ2) is 9.63. The van der Waals surface area contributed by atoms with Crippen LogP contribution in [0.1, 0.15) is 31.9 Å². The molecule has 0 fully saturated rings. The van der Waals surface area contributed by atoms with Crippen molar-refractivity contribution in [2.75, 3.05) is 0 Å². The first-order valence-corrected chi connectivity index (χ1v) is 12.1. The molecule has 0 aromatic heterocycles. The van der Waals surface area contributed by atoms with Crippen molar-refractivity contribution < 1.29 is 18.3 Å². The summed E-state index contributed by atoms with van der Waals surface area (Å²) >= 11 is 0. The SMILES string of the molecule is CC[Si](CC)(CC)O[C@@](C#N)(C(=O)OCc1ccccc1)c1ccc(F)cc1. The van der Waals surface area contributed by atoms with E-state index in [0.717, 1.165) is 23.7 Å². The van der Waals surface area contributed by atoms with Gasteiger partial charge in [0, 0.05) is 5.56 Å². The number of benzene rings is 2. The zero-order valence-electron chi connectivity index (χ0n) is 16.6. The Hall–Kier alpha value is -2.49. The molecule has 1 atom stereocenters. The average Bonchev–Trinajstić information content (AvgIpc) is 2.75. The Bertz CT molecular complexity index is 808. The minimum Gasteiger partial charge on any atom is -0.458 e. The first kappa shape index (κ1) is 21.8. The van der Waals surface area contributed by atoms with Gasteiger partial charge in [0.05, 0.1) is 0 Å². The van der Waals surface area contributed by atoms with E-state index in [0.29, 0.717) is 5.56 Å². The normalized spacial score (nSPS) is 13.4. The smallest absolute Gasteiger partial charge is 0.357 e. The van der Waals surface area contributed by atoms with Crippen LogP contribution in [0.25, 0.3) is 0 Å². The quantitative estimate of drug-likeness (QED) is 0.423. The van der Waals surface area contributed by atoms with Gasteiger partial charge < -0.3 is 9.16 Å². The first-order valence-electron chi connectivity index (χ1n) is 9.54. The minimum absolute atomic E-state index is 0.0343. The van der Waals surface area contributed by atoms with Crippen LogP contribution in [0.4, 0.5) is 4.39 Å². The van der Waals surface area contributed by atoms with E-state index < -0.39 is 25.7 Å². The Kier molecular flexibility index (Phi) is 7.50. The molecule has 0 aliphatic heterocycles. The van der Waals surface area contributed by atoms with Crippen LogP contribution in [0, 0.1) is 17.1 Å². The summed E-state index contributed by atoms with van der Waals surface area (Å²) in [4.78, 5) is 13.1. The summed E-state index contributed by atoms with van der Waals surface area (Å²) in [5.41, 5.74) is -0.801. The number of carbonyl (C=O) groups is 1. The summed E-state index contributed by atoms with van der Waals surface area (Å²) in [5.74, 6) is -1.21. The van der Waals surface area contributed by atoms with Gasteiger partial charge in [0.1, 0.15) is 18.5 Å². The number of halogens is 1. The standard InChI is InChI=1S/C22H26FNO3Si/c1-4-28(5-2,6-3)27-22(17-24,19-12-14-20(23)15-13-19)21(25)26-16-18-10-8-7-9-11-18/h7-15H,4-6,16H2,1-3H3/t22-/m1/s1. The zero-order chi connectivity index (χ0) is 20.6. The molecule has 0 saturated heterocycles. The summed E-state index contributed by atoms with van der Waals surface area (Å²) in [6.07, 6.45) is 0. The lowest BCUT2D eigenvalue weighted by molar-refractivity contribution is -0.160. The molecule has 0 saturated carbocycles. The second-order valence-corrected chi connectivity index (χ2v) is 11.4. The number of hydrogen-bond donors (Lipinski definition) is 0. The molecule has 2 aromatic carbocycles. The lowest BCUT2D eigenvalue weighted by atomic mass is 9.95. The molecule has 28 heavy (non-hydrogen) atoms. The van der Waals surface area contributed by atoms with Crippen molar-refractivity contribution in [1.29, 1.82) is 5.26 Å². The van der Waals surface area contributed by atoms with Gasteiger partial charge in [-0.2, -0.15) is 5.26 Å². The number of hydrogen-bond acceptors (Lipinski definition) is 4. The van der Waals surface area contributed by atoms with Crippen LogP contribution in [0.15, 0.2) is 54.6 Å². The monoisotopic (exact) mass is 399 g/mol. The summed E-state index contributed by atoms with van der Waals surface area (Å²) in [7, 11) is -2.36. The van der Waals surface area contributed by atoms with Gasteiger partial charge >= 0.3 is 5.97 Å². The molecule has 0 aliphatic carbocycles. The van der Waals surface area contributed by atoms with Crippen molar-refractivity contribution in [1.82, 2.24) is 0 Å². The van der Waals surface area contributed by atoms with Gasteiger partial charge in [-0.25, -0.2) is 9.18 Å². The summed E-state index contributed by atoms with van der Waals surface area (Å²) < 4.78 is 25.3. The van der Waals surface area contributed by atoms with Gasteiger partial charge in [-0.1, -0.05) is 63.2 Å². The largest absolute Gasteiger partial charge is 0.458 e. The highest BCUT2D eigenvalue weighted by atomic mass is 28.4. The average molecular weight is 400 g/mol. The molecule has 0 unspecified atom stereocenters. The molecule has 6 heteroatoms. The van der Waals surface area contributed by atoms with Crippen LogP contribution in [-0.2, 0) is 26.2 Å². The molecule has 0 radical (unpaired) electrons. The lowest BCUT2D eigenvalue weighted by Crippen LogP contribution is -2.50. The minimum atomic E-state index is -2.36. The van der Waals surface area contributed by atoms with Crippen molar-refractivity contribution >= 4 is 14.3 Å². The van der Waals surface area contributed by atoms with Crippen molar-refractivity contribution in [3.8, 4) is 6.07 Å². The number of ether oxygens (including phenoxy) is 1. The molecule has 0 bridgehead atoms. The third-order valence-electron chi connectivity index (χ3n) is 5.21. The fraction of sp³-hybridized carbons (Fsp3) is 0.364. The van der Waals surface area contributed by atoms with E-state index in [-0.39, 0.29) is 6.61 Å². The molecule has 0 aliphatic rings. The van der Waals surface area contributed by atoms with Crippen molar-refractivity contribution in [2.24, 2.45) is 0 Å².